The van der Waals surface area contributed by atoms with Gasteiger partial charge in [-0.1, -0.05) is 0 Å². The van der Waals surface area contributed by atoms with Crippen molar-refractivity contribution in [3.05, 3.63) is 23.2 Å². The first kappa shape index (κ1) is 8.31. The van der Waals surface area contributed by atoms with Crippen molar-refractivity contribution < 1.29 is 14.3 Å². The lowest BCUT2D eigenvalue weighted by atomic mass is 9.91. The van der Waals surface area contributed by atoms with Gasteiger partial charge in [0.1, 0.15) is 17.6 Å². The Hall–Kier alpha value is -1.29. The second-order valence-corrected chi connectivity index (χ2v) is 3.29. The van der Waals surface area contributed by atoms with Crippen LogP contribution in [0.5, 0.6) is 0 Å². The van der Waals surface area contributed by atoms with E-state index in [1.54, 1.807) is 0 Å². The van der Waals surface area contributed by atoms with Crippen LogP contribution in [0.2, 0.25) is 0 Å². The van der Waals surface area contributed by atoms with Gasteiger partial charge in [-0.15, -0.1) is 0 Å². The molecule has 1 aromatic heterocycles. The molecule has 1 aromatic rings. The van der Waals surface area contributed by atoms with Gasteiger partial charge in [-0.25, -0.2) is 4.79 Å². The van der Waals surface area contributed by atoms with E-state index in [2.05, 4.69) is 0 Å². The molecule has 1 unspecified atom stereocenters. The van der Waals surface area contributed by atoms with E-state index < -0.39 is 5.97 Å². The Labute approximate surface area is 75.3 Å². The third kappa shape index (κ3) is 1.23. The lowest BCUT2D eigenvalue weighted by Gasteiger charge is -2.17. The SMILES string of the molecule is NC1CCCc2occ(C(=O)O)c21. The molecule has 1 heterocycles. The normalized spacial score (nSPS) is 21.2. The van der Waals surface area contributed by atoms with Gasteiger partial charge in [-0.3, -0.25) is 0 Å². The van der Waals surface area contributed by atoms with E-state index >= 15 is 0 Å². The minimum Gasteiger partial charge on any atom is -0.478 e. The second kappa shape index (κ2) is 2.88. The van der Waals surface area contributed by atoms with Gasteiger partial charge in [0.2, 0.25) is 0 Å². The smallest absolute Gasteiger partial charge is 0.339 e. The van der Waals surface area contributed by atoms with Crippen molar-refractivity contribution in [1.82, 2.24) is 0 Å². The standard InChI is InChI=1S/C9H11NO3/c10-6-2-1-3-7-8(6)5(4-13-7)9(11)12/h4,6H,1-3,10H2,(H,11,12). The molecule has 4 heteroatoms. The Morgan fingerprint density at radius 3 is 3.15 bits per heavy atom. The maximum atomic E-state index is 10.8. The molecule has 1 aliphatic carbocycles. The molecule has 0 bridgehead atoms. The van der Waals surface area contributed by atoms with E-state index in [4.69, 9.17) is 15.3 Å². The summed E-state index contributed by atoms with van der Waals surface area (Å²) in [5.41, 5.74) is 6.72. The summed E-state index contributed by atoms with van der Waals surface area (Å²) in [5, 5.41) is 8.83. The topological polar surface area (TPSA) is 76.5 Å². The summed E-state index contributed by atoms with van der Waals surface area (Å²) < 4.78 is 5.16. The number of aromatic carboxylic acids is 1. The first-order valence-corrected chi connectivity index (χ1v) is 4.29. The molecule has 0 aliphatic heterocycles. The number of nitrogens with two attached hydrogens (primary N) is 1. The van der Waals surface area contributed by atoms with Crippen molar-refractivity contribution in [2.75, 3.05) is 0 Å². The van der Waals surface area contributed by atoms with E-state index in [1.165, 1.54) is 6.26 Å². The van der Waals surface area contributed by atoms with Crippen LogP contribution in [0.15, 0.2) is 10.7 Å². The van der Waals surface area contributed by atoms with Gasteiger partial charge in [0, 0.05) is 18.0 Å². The summed E-state index contributed by atoms with van der Waals surface area (Å²) in [7, 11) is 0. The lowest BCUT2D eigenvalue weighted by Crippen LogP contribution is -2.18. The summed E-state index contributed by atoms with van der Waals surface area (Å²) in [6, 6.07) is -0.173. The summed E-state index contributed by atoms with van der Waals surface area (Å²) in [5.74, 6) is -0.210. The van der Waals surface area contributed by atoms with E-state index in [0.717, 1.165) is 25.0 Å². The van der Waals surface area contributed by atoms with Gasteiger partial charge in [0.25, 0.3) is 0 Å². The zero-order valence-electron chi connectivity index (χ0n) is 7.12. The molecule has 0 spiro atoms. The highest BCUT2D eigenvalue weighted by atomic mass is 16.4. The van der Waals surface area contributed by atoms with E-state index in [0.29, 0.717) is 5.56 Å². The van der Waals surface area contributed by atoms with Crippen LogP contribution >= 0.6 is 0 Å². The van der Waals surface area contributed by atoms with Crippen LogP contribution in [0.4, 0.5) is 0 Å². The number of carboxylic acid groups (broad SMARTS) is 1. The molecule has 3 N–H and O–H groups in total. The van der Waals surface area contributed by atoms with Gasteiger partial charge in [-0.2, -0.15) is 0 Å². The minimum absolute atomic E-state index is 0.173. The van der Waals surface area contributed by atoms with Crippen molar-refractivity contribution in [3.8, 4) is 0 Å². The molecule has 0 saturated heterocycles. The number of carbonyl (C=O) groups is 1. The fraction of sp³-hybridized carbons (Fsp3) is 0.444. The third-order valence-electron chi connectivity index (χ3n) is 2.43. The highest BCUT2D eigenvalue weighted by molar-refractivity contribution is 5.89. The molecular weight excluding hydrogens is 170 g/mol. The number of furan rings is 1. The van der Waals surface area contributed by atoms with Gasteiger partial charge in [-0.05, 0) is 12.8 Å². The Kier molecular flexibility index (Phi) is 1.84. The van der Waals surface area contributed by atoms with E-state index in [1.807, 2.05) is 0 Å². The maximum Gasteiger partial charge on any atom is 0.339 e. The number of rotatable bonds is 1. The average molecular weight is 181 g/mol. The fourth-order valence-corrected chi connectivity index (χ4v) is 1.80. The predicted octanol–water partition coefficient (Wildman–Crippen LogP) is 1.31. The highest BCUT2D eigenvalue weighted by Crippen LogP contribution is 2.31. The Balaban J connectivity index is 2.50. The van der Waals surface area contributed by atoms with Gasteiger partial charge < -0.3 is 15.3 Å². The van der Waals surface area contributed by atoms with Gasteiger partial charge >= 0.3 is 5.97 Å². The van der Waals surface area contributed by atoms with Crippen LogP contribution in [-0.2, 0) is 6.42 Å². The number of hydrogen-bond acceptors (Lipinski definition) is 3. The summed E-state index contributed by atoms with van der Waals surface area (Å²) in [6.07, 6.45) is 3.90. The van der Waals surface area contributed by atoms with E-state index in [-0.39, 0.29) is 11.6 Å². The average Bonchev–Trinajstić information content (AvgIpc) is 2.49. The van der Waals surface area contributed by atoms with Crippen LogP contribution in [0, 0.1) is 0 Å². The molecule has 4 nitrogen and oxygen atoms in total. The number of carboxylic acids is 1. The first-order valence-electron chi connectivity index (χ1n) is 4.29. The largest absolute Gasteiger partial charge is 0.478 e. The van der Waals surface area contributed by atoms with Crippen molar-refractivity contribution >= 4 is 5.97 Å². The maximum absolute atomic E-state index is 10.8. The fourth-order valence-electron chi connectivity index (χ4n) is 1.80. The van der Waals surface area contributed by atoms with Crippen molar-refractivity contribution in [2.24, 2.45) is 5.73 Å². The quantitative estimate of drug-likeness (QED) is 0.684. The van der Waals surface area contributed by atoms with E-state index in [9.17, 15) is 4.79 Å². The molecule has 13 heavy (non-hydrogen) atoms. The van der Waals surface area contributed by atoms with Crippen molar-refractivity contribution in [2.45, 2.75) is 25.3 Å². The zero-order valence-corrected chi connectivity index (χ0v) is 7.12. The Bertz CT molecular complexity index is 343. The van der Waals surface area contributed by atoms with Crippen LogP contribution in [0.1, 0.15) is 40.6 Å². The van der Waals surface area contributed by atoms with Crippen LogP contribution in [0.3, 0.4) is 0 Å². The molecule has 0 aromatic carbocycles. The highest BCUT2D eigenvalue weighted by Gasteiger charge is 2.26. The molecule has 1 atom stereocenters. The zero-order chi connectivity index (χ0) is 9.42. The molecule has 0 saturated carbocycles. The monoisotopic (exact) mass is 181 g/mol. The molecule has 0 amide bonds. The van der Waals surface area contributed by atoms with Gasteiger partial charge in [0.05, 0.1) is 0 Å². The van der Waals surface area contributed by atoms with Gasteiger partial charge in [0.15, 0.2) is 0 Å². The first-order chi connectivity index (χ1) is 6.20. The third-order valence-corrected chi connectivity index (χ3v) is 2.43. The minimum atomic E-state index is -0.956. The number of hydrogen-bond donors (Lipinski definition) is 2. The summed E-state index contributed by atoms with van der Waals surface area (Å²) in [4.78, 5) is 10.8. The van der Waals surface area contributed by atoms with Crippen molar-refractivity contribution in [3.63, 3.8) is 0 Å². The predicted molar refractivity (Wildman–Crippen MR) is 45.5 cm³/mol. The molecular formula is C9H11NO3. The molecule has 0 fully saturated rings. The number of fused-ring (bicyclic) bond motifs is 1. The van der Waals surface area contributed by atoms with Crippen LogP contribution in [0.25, 0.3) is 0 Å². The number of aryl methyl sites for hydroxylation is 1. The Morgan fingerprint density at radius 2 is 2.46 bits per heavy atom. The molecule has 0 radical (unpaired) electrons. The molecule has 2 rings (SSSR count). The van der Waals surface area contributed by atoms with Crippen LogP contribution in [-0.4, -0.2) is 11.1 Å². The summed E-state index contributed by atoms with van der Waals surface area (Å²) in [6.45, 7) is 0. The Morgan fingerprint density at radius 1 is 1.69 bits per heavy atom. The molecule has 70 valence electrons. The summed E-state index contributed by atoms with van der Waals surface area (Å²) >= 11 is 0. The molecule has 1 aliphatic rings. The lowest BCUT2D eigenvalue weighted by molar-refractivity contribution is 0.0694. The second-order valence-electron chi connectivity index (χ2n) is 3.29. The van der Waals surface area contributed by atoms with Crippen molar-refractivity contribution in [1.29, 1.82) is 0 Å². The van der Waals surface area contributed by atoms with Crippen LogP contribution < -0.4 is 5.73 Å².